The van der Waals surface area contributed by atoms with Crippen molar-refractivity contribution in [2.75, 3.05) is 19.8 Å². The monoisotopic (exact) mass is 360 g/mol. The standard InChI is InChI=1S/C15H28N4O2S2/c1-11(9-13-8-7-12(2)22-13)18-14(16-5)17-10-15(3,4)19-23(6,20)21/h7-8,11,19H,9-10H2,1-6H3,(H2,16,17,18). The minimum Gasteiger partial charge on any atom is -0.355 e. The molecule has 0 aliphatic heterocycles. The minimum absolute atomic E-state index is 0.227. The van der Waals surface area contributed by atoms with E-state index in [2.05, 4.69) is 46.3 Å². The van der Waals surface area contributed by atoms with E-state index in [9.17, 15) is 8.42 Å². The van der Waals surface area contributed by atoms with Gasteiger partial charge < -0.3 is 10.6 Å². The number of nitrogens with zero attached hydrogens (tertiary/aromatic N) is 1. The lowest BCUT2D eigenvalue weighted by atomic mass is 10.1. The van der Waals surface area contributed by atoms with Gasteiger partial charge in [0.25, 0.3) is 0 Å². The third-order valence-corrected chi connectivity index (χ3v) is 5.02. The van der Waals surface area contributed by atoms with Gasteiger partial charge in [0.2, 0.25) is 10.0 Å². The maximum absolute atomic E-state index is 11.4. The molecule has 1 aromatic rings. The molecule has 0 aliphatic rings. The summed E-state index contributed by atoms with van der Waals surface area (Å²) in [5.74, 6) is 0.661. The number of hydrogen-bond donors (Lipinski definition) is 3. The molecule has 1 rings (SSSR count). The van der Waals surface area contributed by atoms with Crippen LogP contribution < -0.4 is 15.4 Å². The quantitative estimate of drug-likeness (QED) is 0.508. The zero-order chi connectivity index (χ0) is 17.7. The third kappa shape index (κ3) is 8.34. The lowest BCUT2D eigenvalue weighted by Gasteiger charge is -2.27. The summed E-state index contributed by atoms with van der Waals surface area (Å²) in [6, 6.07) is 4.50. The first kappa shape index (κ1) is 19.9. The maximum atomic E-state index is 11.4. The van der Waals surface area contributed by atoms with E-state index in [0.29, 0.717) is 12.5 Å². The van der Waals surface area contributed by atoms with Crippen LogP contribution in [0.15, 0.2) is 17.1 Å². The predicted octanol–water partition coefficient (Wildman–Crippen LogP) is 1.48. The van der Waals surface area contributed by atoms with Crippen LogP contribution in [0.5, 0.6) is 0 Å². The first-order valence-electron chi connectivity index (χ1n) is 7.52. The first-order valence-corrected chi connectivity index (χ1v) is 10.2. The zero-order valence-corrected chi connectivity index (χ0v) is 16.4. The molecule has 0 amide bonds. The highest BCUT2D eigenvalue weighted by Crippen LogP contribution is 2.16. The highest BCUT2D eigenvalue weighted by Gasteiger charge is 2.22. The number of sulfonamides is 1. The van der Waals surface area contributed by atoms with Gasteiger partial charge in [0.05, 0.1) is 6.26 Å². The van der Waals surface area contributed by atoms with Gasteiger partial charge in [0, 0.05) is 41.3 Å². The molecule has 0 radical (unpaired) electrons. The Morgan fingerprint density at radius 2 is 2.04 bits per heavy atom. The SMILES string of the molecule is CN=C(NCC(C)(C)NS(C)(=O)=O)NC(C)Cc1ccc(C)s1. The Balaban J connectivity index is 2.51. The molecular formula is C15H28N4O2S2. The molecule has 1 atom stereocenters. The summed E-state index contributed by atoms with van der Waals surface area (Å²) in [6.07, 6.45) is 2.08. The van der Waals surface area contributed by atoms with Gasteiger partial charge in [-0.2, -0.15) is 0 Å². The molecular weight excluding hydrogens is 332 g/mol. The fourth-order valence-corrected chi connectivity index (χ4v) is 4.31. The zero-order valence-electron chi connectivity index (χ0n) is 14.7. The van der Waals surface area contributed by atoms with Crippen molar-refractivity contribution in [2.45, 2.75) is 45.7 Å². The van der Waals surface area contributed by atoms with E-state index in [0.717, 1.165) is 12.7 Å². The van der Waals surface area contributed by atoms with Crippen molar-refractivity contribution in [1.29, 1.82) is 0 Å². The Kier molecular flexibility index (Phi) is 7.03. The van der Waals surface area contributed by atoms with Crippen molar-refractivity contribution >= 4 is 27.3 Å². The van der Waals surface area contributed by atoms with E-state index in [1.54, 1.807) is 18.4 Å². The van der Waals surface area contributed by atoms with Crippen LogP contribution in [-0.2, 0) is 16.4 Å². The van der Waals surface area contributed by atoms with E-state index in [1.165, 1.54) is 9.75 Å². The molecule has 0 bridgehead atoms. The van der Waals surface area contributed by atoms with Gasteiger partial charge in [-0.1, -0.05) is 0 Å². The number of guanidine groups is 1. The number of nitrogens with one attached hydrogen (secondary N) is 3. The van der Waals surface area contributed by atoms with Gasteiger partial charge in [-0.25, -0.2) is 13.1 Å². The van der Waals surface area contributed by atoms with E-state index >= 15 is 0 Å². The summed E-state index contributed by atoms with van der Waals surface area (Å²) in [4.78, 5) is 6.83. The minimum atomic E-state index is -3.25. The van der Waals surface area contributed by atoms with Gasteiger partial charge in [-0.05, 0) is 39.8 Å². The molecule has 1 unspecified atom stereocenters. The second-order valence-corrected chi connectivity index (χ2v) is 9.57. The van der Waals surface area contributed by atoms with Crippen molar-refractivity contribution in [1.82, 2.24) is 15.4 Å². The molecule has 0 saturated carbocycles. The normalized spacial score (nSPS) is 14.6. The summed E-state index contributed by atoms with van der Waals surface area (Å²) in [5.41, 5.74) is -0.598. The fraction of sp³-hybridized carbons (Fsp3) is 0.667. The summed E-state index contributed by atoms with van der Waals surface area (Å²) < 4.78 is 25.3. The van der Waals surface area contributed by atoms with Crippen LogP contribution in [0.3, 0.4) is 0 Å². The van der Waals surface area contributed by atoms with Crippen molar-refractivity contribution < 1.29 is 8.42 Å². The second kappa shape index (κ2) is 8.12. The van der Waals surface area contributed by atoms with Crippen LogP contribution >= 0.6 is 11.3 Å². The van der Waals surface area contributed by atoms with E-state index in [-0.39, 0.29) is 6.04 Å². The number of aryl methyl sites for hydroxylation is 1. The van der Waals surface area contributed by atoms with Gasteiger partial charge >= 0.3 is 0 Å². The van der Waals surface area contributed by atoms with Gasteiger partial charge in [-0.15, -0.1) is 11.3 Å². The summed E-state index contributed by atoms with van der Waals surface area (Å²) in [5, 5.41) is 6.50. The van der Waals surface area contributed by atoms with E-state index in [1.807, 2.05) is 13.8 Å². The van der Waals surface area contributed by atoms with E-state index in [4.69, 9.17) is 0 Å². The third-order valence-electron chi connectivity index (χ3n) is 3.07. The van der Waals surface area contributed by atoms with Crippen molar-refractivity contribution in [2.24, 2.45) is 4.99 Å². The van der Waals surface area contributed by atoms with Gasteiger partial charge in [0.15, 0.2) is 5.96 Å². The van der Waals surface area contributed by atoms with Crippen LogP contribution in [0.4, 0.5) is 0 Å². The van der Waals surface area contributed by atoms with Gasteiger partial charge in [0.1, 0.15) is 0 Å². The molecule has 23 heavy (non-hydrogen) atoms. The molecule has 1 heterocycles. The first-order chi connectivity index (χ1) is 10.5. The Hall–Kier alpha value is -1.12. The van der Waals surface area contributed by atoms with Crippen LogP contribution in [-0.4, -0.2) is 45.8 Å². The smallest absolute Gasteiger partial charge is 0.209 e. The highest BCUT2D eigenvalue weighted by molar-refractivity contribution is 7.88. The molecule has 132 valence electrons. The molecule has 8 heteroatoms. The molecule has 1 aromatic heterocycles. The molecule has 6 nitrogen and oxygen atoms in total. The average molecular weight is 361 g/mol. The molecule has 3 N–H and O–H groups in total. The topological polar surface area (TPSA) is 82.6 Å². The van der Waals surface area contributed by atoms with Gasteiger partial charge in [-0.3, -0.25) is 4.99 Å². The second-order valence-electron chi connectivity index (χ2n) is 6.45. The summed E-state index contributed by atoms with van der Waals surface area (Å²) in [7, 11) is -1.54. The van der Waals surface area contributed by atoms with Crippen molar-refractivity contribution in [3.63, 3.8) is 0 Å². The lowest BCUT2D eigenvalue weighted by Crippen LogP contribution is -2.54. The maximum Gasteiger partial charge on any atom is 0.209 e. The number of rotatable bonds is 7. The highest BCUT2D eigenvalue weighted by atomic mass is 32.2. The lowest BCUT2D eigenvalue weighted by molar-refractivity contribution is 0.445. The largest absolute Gasteiger partial charge is 0.355 e. The Morgan fingerprint density at radius 1 is 1.39 bits per heavy atom. The molecule has 0 aromatic carbocycles. The summed E-state index contributed by atoms with van der Waals surface area (Å²) >= 11 is 1.80. The molecule has 0 saturated heterocycles. The Bertz CT molecular complexity index is 636. The van der Waals surface area contributed by atoms with Crippen molar-refractivity contribution in [3.05, 3.63) is 21.9 Å². The number of thiophene rings is 1. The number of hydrogen-bond acceptors (Lipinski definition) is 4. The van der Waals surface area contributed by atoms with Crippen LogP contribution in [0, 0.1) is 6.92 Å². The predicted molar refractivity (Wildman–Crippen MR) is 98.8 cm³/mol. The van der Waals surface area contributed by atoms with Crippen LogP contribution in [0.1, 0.15) is 30.5 Å². The Labute approximate surface area is 143 Å². The molecule has 0 spiro atoms. The van der Waals surface area contributed by atoms with E-state index < -0.39 is 15.6 Å². The average Bonchev–Trinajstić information content (AvgIpc) is 2.77. The fourth-order valence-electron chi connectivity index (χ4n) is 2.22. The number of aliphatic imine (C=N–C) groups is 1. The molecule has 0 aliphatic carbocycles. The van der Waals surface area contributed by atoms with Crippen LogP contribution in [0.2, 0.25) is 0 Å². The summed E-state index contributed by atoms with van der Waals surface area (Å²) in [6.45, 7) is 8.29. The van der Waals surface area contributed by atoms with Crippen LogP contribution in [0.25, 0.3) is 0 Å². The Morgan fingerprint density at radius 3 is 2.52 bits per heavy atom. The van der Waals surface area contributed by atoms with Crippen molar-refractivity contribution in [3.8, 4) is 0 Å². The molecule has 0 fully saturated rings.